The van der Waals surface area contributed by atoms with Gasteiger partial charge >= 0.3 is 12.0 Å². The fourth-order valence-corrected chi connectivity index (χ4v) is 2.39. The van der Waals surface area contributed by atoms with Crippen LogP contribution < -0.4 is 5.32 Å². The summed E-state index contributed by atoms with van der Waals surface area (Å²) in [5.74, 6) is -0.461. The third-order valence-electron chi connectivity index (χ3n) is 3.68. The number of hydrogen-bond acceptors (Lipinski definition) is 2. The molecule has 1 rings (SSSR count). The highest BCUT2D eigenvalue weighted by Gasteiger charge is 2.28. The molecule has 5 heteroatoms. The largest absolute Gasteiger partial charge is 0.480 e. The number of nitrogens with zero attached hydrogens (tertiary/aromatic N) is 1. The lowest BCUT2D eigenvalue weighted by Gasteiger charge is -2.30. The lowest BCUT2D eigenvalue weighted by atomic mass is 10.1. The zero-order chi connectivity index (χ0) is 14.4. The van der Waals surface area contributed by atoms with Crippen LogP contribution in [0, 0.1) is 5.92 Å². The first-order valence-corrected chi connectivity index (χ1v) is 7.21. The topological polar surface area (TPSA) is 69.6 Å². The molecule has 0 bridgehead atoms. The van der Waals surface area contributed by atoms with Gasteiger partial charge in [-0.3, -0.25) is 4.79 Å². The third-order valence-corrected chi connectivity index (χ3v) is 3.68. The maximum Gasteiger partial charge on any atom is 0.325 e. The summed E-state index contributed by atoms with van der Waals surface area (Å²) >= 11 is 0. The van der Waals surface area contributed by atoms with Gasteiger partial charge in [0, 0.05) is 12.6 Å². The van der Waals surface area contributed by atoms with Gasteiger partial charge in [-0.15, -0.1) is 0 Å². The number of carbonyl (C=O) groups is 2. The molecule has 1 saturated carbocycles. The number of carboxylic acid groups (broad SMARTS) is 1. The number of aliphatic carboxylic acids is 1. The molecular weight excluding hydrogens is 244 g/mol. The highest BCUT2D eigenvalue weighted by Crippen LogP contribution is 2.24. The molecule has 1 aliphatic rings. The van der Waals surface area contributed by atoms with Crippen molar-refractivity contribution in [2.75, 3.05) is 6.54 Å². The van der Waals surface area contributed by atoms with Crippen molar-refractivity contribution < 1.29 is 14.7 Å². The van der Waals surface area contributed by atoms with E-state index in [2.05, 4.69) is 19.2 Å². The van der Waals surface area contributed by atoms with Gasteiger partial charge in [-0.05, 0) is 32.1 Å². The highest BCUT2D eigenvalue weighted by atomic mass is 16.4. The van der Waals surface area contributed by atoms with Crippen LogP contribution in [0.25, 0.3) is 0 Å². The fraction of sp³-hybridized carbons (Fsp3) is 0.857. The number of urea groups is 1. The zero-order valence-corrected chi connectivity index (χ0v) is 12.2. The molecule has 2 N–H and O–H groups in total. The van der Waals surface area contributed by atoms with Crippen molar-refractivity contribution in [2.45, 2.75) is 65.0 Å². The van der Waals surface area contributed by atoms with E-state index in [0.29, 0.717) is 12.5 Å². The van der Waals surface area contributed by atoms with Crippen LogP contribution in [0.2, 0.25) is 0 Å². The van der Waals surface area contributed by atoms with Crippen LogP contribution >= 0.6 is 0 Å². The number of carboxylic acids is 1. The Morgan fingerprint density at radius 1 is 1.26 bits per heavy atom. The monoisotopic (exact) mass is 270 g/mol. The van der Waals surface area contributed by atoms with Crippen molar-refractivity contribution in [2.24, 2.45) is 5.92 Å². The average molecular weight is 270 g/mol. The van der Waals surface area contributed by atoms with Crippen LogP contribution in [-0.4, -0.2) is 40.6 Å². The Hall–Kier alpha value is -1.26. The molecule has 1 atom stereocenters. The Kier molecular flexibility index (Phi) is 6.12. The van der Waals surface area contributed by atoms with Crippen LogP contribution in [-0.2, 0) is 4.79 Å². The summed E-state index contributed by atoms with van der Waals surface area (Å²) in [7, 11) is 0. The summed E-state index contributed by atoms with van der Waals surface area (Å²) in [6, 6.07) is -0.794. The molecule has 0 spiro atoms. The Morgan fingerprint density at radius 2 is 1.84 bits per heavy atom. The second kappa shape index (κ2) is 7.36. The molecule has 0 radical (unpaired) electrons. The number of carbonyl (C=O) groups excluding carboxylic acids is 1. The number of nitrogens with one attached hydrogen (secondary N) is 1. The molecule has 2 amide bonds. The standard InChI is InChI=1S/C14H26N2O3/c1-10(2)8-9-16(12-6-4-5-7-12)14(19)15-11(3)13(17)18/h10-12H,4-9H2,1-3H3,(H,15,19)(H,17,18). The minimum Gasteiger partial charge on any atom is -0.480 e. The van der Waals surface area contributed by atoms with Crippen molar-refractivity contribution in [3.05, 3.63) is 0 Å². The summed E-state index contributed by atoms with van der Waals surface area (Å²) in [4.78, 5) is 24.9. The van der Waals surface area contributed by atoms with Crippen molar-refractivity contribution in [1.82, 2.24) is 10.2 Å². The fourth-order valence-electron chi connectivity index (χ4n) is 2.39. The molecule has 1 aliphatic carbocycles. The highest BCUT2D eigenvalue weighted by molar-refractivity contribution is 5.82. The molecule has 110 valence electrons. The normalized spacial score (nSPS) is 17.5. The minimum absolute atomic E-state index is 0.234. The lowest BCUT2D eigenvalue weighted by Crippen LogP contribution is -2.50. The predicted molar refractivity (Wildman–Crippen MR) is 74.0 cm³/mol. The van der Waals surface area contributed by atoms with Gasteiger partial charge in [-0.25, -0.2) is 4.79 Å². The van der Waals surface area contributed by atoms with E-state index in [1.165, 1.54) is 6.92 Å². The molecule has 0 aromatic rings. The molecule has 5 nitrogen and oxygen atoms in total. The van der Waals surface area contributed by atoms with Gasteiger partial charge in [-0.1, -0.05) is 26.7 Å². The molecule has 19 heavy (non-hydrogen) atoms. The van der Waals surface area contributed by atoms with Gasteiger partial charge in [0.1, 0.15) is 6.04 Å². The van der Waals surface area contributed by atoms with E-state index in [1.807, 2.05) is 4.90 Å². The van der Waals surface area contributed by atoms with Gasteiger partial charge in [0.05, 0.1) is 0 Å². The summed E-state index contributed by atoms with van der Waals surface area (Å²) < 4.78 is 0. The van der Waals surface area contributed by atoms with E-state index in [1.54, 1.807) is 0 Å². The zero-order valence-electron chi connectivity index (χ0n) is 12.2. The van der Waals surface area contributed by atoms with Gasteiger partial charge < -0.3 is 15.3 Å². The Balaban J connectivity index is 2.60. The van der Waals surface area contributed by atoms with Crippen LogP contribution in [0.3, 0.4) is 0 Å². The van der Waals surface area contributed by atoms with Gasteiger partial charge in [0.15, 0.2) is 0 Å². The molecule has 0 aromatic heterocycles. The lowest BCUT2D eigenvalue weighted by molar-refractivity contribution is -0.138. The first-order chi connectivity index (χ1) is 8.91. The van der Waals surface area contributed by atoms with Crippen LogP contribution in [0.1, 0.15) is 52.9 Å². The maximum atomic E-state index is 12.2. The molecule has 1 unspecified atom stereocenters. The summed E-state index contributed by atoms with van der Waals surface area (Å²) in [5.41, 5.74) is 0. The van der Waals surface area contributed by atoms with Crippen LogP contribution in [0.15, 0.2) is 0 Å². The Bertz CT molecular complexity index is 312. The summed E-state index contributed by atoms with van der Waals surface area (Å²) in [6.45, 7) is 6.46. The molecule has 0 heterocycles. The van der Waals surface area contributed by atoms with Gasteiger partial charge in [-0.2, -0.15) is 0 Å². The average Bonchev–Trinajstić information content (AvgIpc) is 2.82. The van der Waals surface area contributed by atoms with Crippen molar-refractivity contribution >= 4 is 12.0 Å². The predicted octanol–water partition coefficient (Wildman–Crippen LogP) is 2.46. The number of hydrogen-bond donors (Lipinski definition) is 2. The molecule has 0 aliphatic heterocycles. The molecular formula is C14H26N2O3. The number of amides is 2. The van der Waals surface area contributed by atoms with Gasteiger partial charge in [0.2, 0.25) is 0 Å². The second-order valence-corrected chi connectivity index (χ2v) is 5.82. The minimum atomic E-state index is -0.997. The van der Waals surface area contributed by atoms with Crippen LogP contribution in [0.4, 0.5) is 4.79 Å². The number of rotatable bonds is 6. The second-order valence-electron chi connectivity index (χ2n) is 5.82. The van der Waals surface area contributed by atoms with E-state index in [9.17, 15) is 9.59 Å². The van der Waals surface area contributed by atoms with E-state index >= 15 is 0 Å². The van der Waals surface area contributed by atoms with Crippen LogP contribution in [0.5, 0.6) is 0 Å². The first-order valence-electron chi connectivity index (χ1n) is 7.21. The Morgan fingerprint density at radius 3 is 2.32 bits per heavy atom. The summed E-state index contributed by atoms with van der Waals surface area (Å²) in [5, 5.41) is 11.4. The van der Waals surface area contributed by atoms with E-state index in [0.717, 1.165) is 32.1 Å². The van der Waals surface area contributed by atoms with E-state index in [-0.39, 0.29) is 12.1 Å². The molecule has 1 fully saturated rings. The van der Waals surface area contributed by atoms with Gasteiger partial charge in [0.25, 0.3) is 0 Å². The SMILES string of the molecule is CC(C)CCN(C(=O)NC(C)C(=O)O)C1CCCC1. The quantitative estimate of drug-likeness (QED) is 0.779. The van der Waals surface area contributed by atoms with Crippen molar-refractivity contribution in [1.29, 1.82) is 0 Å². The van der Waals surface area contributed by atoms with Crippen molar-refractivity contribution in [3.8, 4) is 0 Å². The smallest absolute Gasteiger partial charge is 0.325 e. The molecule has 0 aromatic carbocycles. The van der Waals surface area contributed by atoms with Crippen molar-refractivity contribution in [3.63, 3.8) is 0 Å². The molecule has 0 saturated heterocycles. The first kappa shape index (κ1) is 15.8. The Labute approximate surface area is 115 Å². The maximum absolute atomic E-state index is 12.2. The van der Waals surface area contributed by atoms with E-state index < -0.39 is 12.0 Å². The summed E-state index contributed by atoms with van der Waals surface area (Å²) in [6.07, 6.45) is 5.33. The van der Waals surface area contributed by atoms with E-state index in [4.69, 9.17) is 5.11 Å². The third kappa shape index (κ3) is 5.09.